The Hall–Kier alpha value is -3.97. The van der Waals surface area contributed by atoms with Gasteiger partial charge in [0.15, 0.2) is 0 Å². The lowest BCUT2D eigenvalue weighted by Crippen LogP contribution is -2.49. The summed E-state index contributed by atoms with van der Waals surface area (Å²) in [4.78, 5) is 47.0. The van der Waals surface area contributed by atoms with E-state index in [9.17, 15) is 19.2 Å². The zero-order chi connectivity index (χ0) is 26.5. The summed E-state index contributed by atoms with van der Waals surface area (Å²) >= 11 is 1.27. The third-order valence-electron chi connectivity index (χ3n) is 4.76. The normalized spacial score (nSPS) is 12.5. The van der Waals surface area contributed by atoms with E-state index in [1.165, 1.54) is 11.8 Å². The van der Waals surface area contributed by atoms with E-state index in [2.05, 4.69) is 26.2 Å². The molecule has 2 aromatic rings. The summed E-state index contributed by atoms with van der Waals surface area (Å²) in [6.45, 7) is -0.600. The second-order valence-electron chi connectivity index (χ2n) is 7.52. The molecule has 0 aliphatic rings. The summed E-state index contributed by atoms with van der Waals surface area (Å²) in [6.07, 6.45) is -0.300. The number of benzene rings is 2. The maximum atomic E-state index is 12.4. The molecule has 0 fully saturated rings. The minimum Gasteiger partial charge on any atom is -0.480 e. The molecule has 0 aliphatic carbocycles. The van der Waals surface area contributed by atoms with Gasteiger partial charge >= 0.3 is 11.9 Å². The number of anilines is 1. The van der Waals surface area contributed by atoms with Crippen molar-refractivity contribution in [3.63, 3.8) is 0 Å². The van der Waals surface area contributed by atoms with Gasteiger partial charge in [0.2, 0.25) is 11.8 Å². The molecular weight excluding hydrogens is 488 g/mol. The fourth-order valence-corrected chi connectivity index (χ4v) is 3.67. The fourth-order valence-electron chi connectivity index (χ4n) is 2.74. The monoisotopic (exact) mass is 516 g/mol. The third kappa shape index (κ3) is 10.1. The Labute approximate surface area is 211 Å². The number of rotatable bonds is 14. The van der Waals surface area contributed by atoms with Gasteiger partial charge < -0.3 is 31.9 Å². The molecule has 0 bridgehead atoms. The second kappa shape index (κ2) is 14.4. The number of azo groups is 1. The third-order valence-corrected chi connectivity index (χ3v) is 5.86. The van der Waals surface area contributed by atoms with Crippen molar-refractivity contribution in [1.82, 2.24) is 10.6 Å². The topological polar surface area (TPSA) is 196 Å². The molecule has 0 saturated heterocycles. The van der Waals surface area contributed by atoms with Crippen LogP contribution in [0.15, 0.2) is 63.7 Å². The summed E-state index contributed by atoms with van der Waals surface area (Å²) < 4.78 is 0. The lowest BCUT2D eigenvalue weighted by Gasteiger charge is -2.18. The summed E-state index contributed by atoms with van der Waals surface area (Å²) in [7, 11) is 1.83. The van der Waals surface area contributed by atoms with Gasteiger partial charge in [0.05, 0.1) is 11.4 Å². The van der Waals surface area contributed by atoms with E-state index in [4.69, 9.17) is 15.9 Å². The molecule has 0 heterocycles. The van der Waals surface area contributed by atoms with Crippen LogP contribution in [-0.2, 0) is 19.2 Å². The zero-order valence-electron chi connectivity index (χ0n) is 19.5. The Morgan fingerprint density at radius 2 is 1.56 bits per heavy atom. The Balaban J connectivity index is 1.97. The van der Waals surface area contributed by atoms with Crippen molar-refractivity contribution >= 4 is 52.6 Å². The van der Waals surface area contributed by atoms with Gasteiger partial charge in [0.1, 0.15) is 18.6 Å². The van der Waals surface area contributed by atoms with E-state index in [1.807, 2.05) is 31.3 Å². The Morgan fingerprint density at radius 3 is 2.08 bits per heavy atom. The van der Waals surface area contributed by atoms with Crippen LogP contribution in [0.25, 0.3) is 0 Å². The molecule has 2 aromatic carbocycles. The largest absolute Gasteiger partial charge is 0.480 e. The van der Waals surface area contributed by atoms with Crippen LogP contribution < -0.4 is 21.7 Å². The van der Waals surface area contributed by atoms with Crippen LogP contribution in [0.2, 0.25) is 0 Å². The predicted octanol–water partition coefficient (Wildman–Crippen LogP) is 2.11. The van der Waals surface area contributed by atoms with Crippen molar-refractivity contribution in [2.45, 2.75) is 29.8 Å². The lowest BCUT2D eigenvalue weighted by molar-refractivity contribution is -0.139. The number of hydrogen-bond donors (Lipinski definition) is 6. The molecule has 13 heteroatoms. The quantitative estimate of drug-likeness (QED) is 0.161. The first-order valence-corrected chi connectivity index (χ1v) is 11.9. The number of aliphatic carboxylic acids is 2. The molecule has 2 atom stereocenters. The summed E-state index contributed by atoms with van der Waals surface area (Å²) in [5, 5.41) is 33.8. The van der Waals surface area contributed by atoms with Gasteiger partial charge in [-0.25, -0.2) is 0 Å². The predicted molar refractivity (Wildman–Crippen MR) is 135 cm³/mol. The number of carboxylic acid groups (broad SMARTS) is 2. The van der Waals surface area contributed by atoms with Crippen molar-refractivity contribution in [3.05, 3.63) is 48.5 Å². The van der Waals surface area contributed by atoms with E-state index in [1.54, 1.807) is 24.3 Å². The van der Waals surface area contributed by atoms with Crippen LogP contribution in [0.4, 0.5) is 17.1 Å². The number of carboxylic acids is 2. The molecule has 0 radical (unpaired) electrons. The molecule has 2 amide bonds. The molecule has 36 heavy (non-hydrogen) atoms. The van der Waals surface area contributed by atoms with Crippen LogP contribution in [0.3, 0.4) is 0 Å². The lowest BCUT2D eigenvalue weighted by atomic mass is 10.1. The van der Waals surface area contributed by atoms with Gasteiger partial charge in [-0.15, -0.1) is 11.8 Å². The van der Waals surface area contributed by atoms with Crippen molar-refractivity contribution in [3.8, 4) is 0 Å². The molecule has 7 N–H and O–H groups in total. The number of nitrogens with one attached hydrogen (secondary N) is 3. The summed E-state index contributed by atoms with van der Waals surface area (Å²) in [5.41, 5.74) is 7.69. The molecule has 2 rings (SSSR count). The molecular formula is C23H28N6O6S. The van der Waals surface area contributed by atoms with Gasteiger partial charge in [-0.2, -0.15) is 10.2 Å². The zero-order valence-corrected chi connectivity index (χ0v) is 20.3. The first kappa shape index (κ1) is 28.3. The highest BCUT2D eigenvalue weighted by molar-refractivity contribution is 7.99. The first-order chi connectivity index (χ1) is 17.2. The Morgan fingerprint density at radius 1 is 0.972 bits per heavy atom. The number of hydrogen-bond acceptors (Lipinski definition) is 9. The molecule has 0 aromatic heterocycles. The minimum atomic E-state index is -1.23. The average Bonchev–Trinajstić information content (AvgIpc) is 2.87. The van der Waals surface area contributed by atoms with Crippen molar-refractivity contribution in [2.24, 2.45) is 16.0 Å². The van der Waals surface area contributed by atoms with E-state index in [0.717, 1.165) is 10.6 Å². The summed E-state index contributed by atoms with van der Waals surface area (Å²) in [5.74, 6) is -3.59. The SMILES string of the molecule is CNc1ccc(N=Nc2ccc(SCC(NC(=O)CCC(N)C(=O)O)C(=O)NCC(=O)O)cc2)cc1. The maximum Gasteiger partial charge on any atom is 0.322 e. The molecule has 12 nitrogen and oxygen atoms in total. The van der Waals surface area contributed by atoms with Crippen LogP contribution in [-0.4, -0.2) is 65.4 Å². The van der Waals surface area contributed by atoms with E-state index >= 15 is 0 Å². The van der Waals surface area contributed by atoms with Gasteiger partial charge in [0, 0.05) is 29.8 Å². The maximum absolute atomic E-state index is 12.4. The number of nitrogens with zero attached hydrogens (tertiary/aromatic N) is 2. The molecule has 0 saturated carbocycles. The van der Waals surface area contributed by atoms with E-state index in [0.29, 0.717) is 11.4 Å². The fraction of sp³-hybridized carbons (Fsp3) is 0.304. The Kier molecular flexibility index (Phi) is 11.3. The highest BCUT2D eigenvalue weighted by Gasteiger charge is 2.22. The number of carbonyl (C=O) groups excluding carboxylic acids is 2. The van der Waals surface area contributed by atoms with Gasteiger partial charge in [0.25, 0.3) is 0 Å². The van der Waals surface area contributed by atoms with Gasteiger partial charge in [-0.1, -0.05) is 0 Å². The number of thioether (sulfide) groups is 1. The number of nitrogens with two attached hydrogens (primary N) is 1. The van der Waals surface area contributed by atoms with Crippen LogP contribution in [0.1, 0.15) is 12.8 Å². The van der Waals surface area contributed by atoms with Gasteiger partial charge in [-0.05, 0) is 55.0 Å². The minimum absolute atomic E-state index is 0.104. The molecule has 0 spiro atoms. The second-order valence-corrected chi connectivity index (χ2v) is 8.61. The van der Waals surface area contributed by atoms with E-state index < -0.39 is 42.4 Å². The van der Waals surface area contributed by atoms with Crippen molar-refractivity contribution in [1.29, 1.82) is 0 Å². The Bertz CT molecular complexity index is 1080. The summed E-state index contributed by atoms with van der Waals surface area (Å²) in [6, 6.07) is 12.3. The standard InChI is InChI=1S/C23H28N6O6S/c1-25-14-2-4-15(5-3-14)28-29-16-6-8-17(9-7-16)36-13-19(22(33)26-12-21(31)32)27-20(30)11-10-18(24)23(34)35/h2-9,18-19,25H,10-13,24H2,1H3,(H,26,33)(H,27,30)(H,31,32)(H,34,35). The number of amides is 2. The molecule has 0 aliphatic heterocycles. The van der Waals surface area contributed by atoms with Crippen LogP contribution in [0, 0.1) is 0 Å². The van der Waals surface area contributed by atoms with Crippen molar-refractivity contribution < 1.29 is 29.4 Å². The number of carbonyl (C=O) groups is 4. The van der Waals surface area contributed by atoms with Crippen molar-refractivity contribution in [2.75, 3.05) is 24.7 Å². The average molecular weight is 517 g/mol. The van der Waals surface area contributed by atoms with Crippen LogP contribution >= 0.6 is 11.8 Å². The highest BCUT2D eigenvalue weighted by Crippen LogP contribution is 2.24. The molecule has 2 unspecified atom stereocenters. The molecule has 192 valence electrons. The van der Waals surface area contributed by atoms with Gasteiger partial charge in [-0.3, -0.25) is 19.2 Å². The van der Waals surface area contributed by atoms with Crippen LogP contribution in [0.5, 0.6) is 0 Å². The highest BCUT2D eigenvalue weighted by atomic mass is 32.2. The smallest absolute Gasteiger partial charge is 0.322 e. The van der Waals surface area contributed by atoms with E-state index in [-0.39, 0.29) is 18.6 Å². The first-order valence-electron chi connectivity index (χ1n) is 10.9.